The summed E-state index contributed by atoms with van der Waals surface area (Å²) in [6, 6.07) is 0. The van der Waals surface area contributed by atoms with E-state index < -0.39 is 0 Å². The van der Waals surface area contributed by atoms with E-state index in [-0.39, 0.29) is 0 Å². The molecule has 0 amide bonds. The average molecular weight is 178 g/mol. The average Bonchev–Trinajstić information content (AvgIpc) is 2.63. The van der Waals surface area contributed by atoms with Crippen molar-refractivity contribution < 1.29 is 4.42 Å². The molecular formula is C10H14N2O. The number of rotatable bonds is 6. The molecular weight excluding hydrogens is 164 g/mol. The van der Waals surface area contributed by atoms with Gasteiger partial charge in [-0.15, -0.1) is 12.3 Å². The number of nitrogens with zero attached hydrogens (tertiary/aromatic N) is 1. The maximum Gasteiger partial charge on any atom is 0.180 e. The van der Waals surface area contributed by atoms with Crippen molar-refractivity contribution in [1.29, 1.82) is 0 Å². The fourth-order valence-electron chi connectivity index (χ4n) is 1.02. The fraction of sp³-hybridized carbons (Fsp3) is 0.500. The number of hydrogen-bond acceptors (Lipinski definition) is 3. The van der Waals surface area contributed by atoms with E-state index >= 15 is 0 Å². The van der Waals surface area contributed by atoms with Crippen LogP contribution in [0.2, 0.25) is 0 Å². The van der Waals surface area contributed by atoms with E-state index in [2.05, 4.69) is 16.2 Å². The van der Waals surface area contributed by atoms with Crippen molar-refractivity contribution >= 4 is 0 Å². The van der Waals surface area contributed by atoms with Gasteiger partial charge in [-0.05, 0) is 19.4 Å². The summed E-state index contributed by atoms with van der Waals surface area (Å²) in [7, 11) is 0. The van der Waals surface area contributed by atoms with Crippen molar-refractivity contribution in [3.63, 3.8) is 0 Å². The molecule has 13 heavy (non-hydrogen) atoms. The van der Waals surface area contributed by atoms with Crippen molar-refractivity contribution in [2.45, 2.75) is 25.8 Å². The van der Waals surface area contributed by atoms with Crippen LogP contribution in [0.1, 0.15) is 25.0 Å². The van der Waals surface area contributed by atoms with Gasteiger partial charge in [-0.25, -0.2) is 4.98 Å². The first-order valence-corrected chi connectivity index (χ1v) is 4.45. The van der Waals surface area contributed by atoms with Crippen LogP contribution in [0.4, 0.5) is 0 Å². The standard InChI is InChI=1S/C10H14N2O/c1-2-3-4-5-6-11-7-10-8-12-9-13-10/h1,8-9,11H,3-7H2. The van der Waals surface area contributed by atoms with Gasteiger partial charge in [0.1, 0.15) is 5.76 Å². The Morgan fingerprint density at radius 2 is 2.46 bits per heavy atom. The first kappa shape index (κ1) is 9.82. The molecule has 0 spiro atoms. The smallest absolute Gasteiger partial charge is 0.180 e. The van der Waals surface area contributed by atoms with Gasteiger partial charge < -0.3 is 9.73 Å². The predicted octanol–water partition coefficient (Wildman–Crippen LogP) is 1.57. The first-order chi connectivity index (χ1) is 6.43. The molecule has 0 radical (unpaired) electrons. The third-order valence-corrected chi connectivity index (χ3v) is 1.71. The highest BCUT2D eigenvalue weighted by Crippen LogP contribution is 1.96. The normalized spacial score (nSPS) is 9.77. The molecule has 3 heteroatoms. The topological polar surface area (TPSA) is 38.1 Å². The SMILES string of the molecule is C#CCCCCNCc1cnco1. The second kappa shape index (κ2) is 6.27. The number of terminal acetylenes is 1. The Labute approximate surface area is 78.5 Å². The Balaban J connectivity index is 1.94. The van der Waals surface area contributed by atoms with E-state index in [4.69, 9.17) is 10.8 Å². The third-order valence-electron chi connectivity index (χ3n) is 1.71. The zero-order valence-electron chi connectivity index (χ0n) is 7.62. The Morgan fingerprint density at radius 3 is 3.15 bits per heavy atom. The minimum absolute atomic E-state index is 0.746. The quantitative estimate of drug-likeness (QED) is 0.530. The van der Waals surface area contributed by atoms with Crippen molar-refractivity contribution in [2.75, 3.05) is 6.54 Å². The number of nitrogens with one attached hydrogen (secondary N) is 1. The highest BCUT2D eigenvalue weighted by atomic mass is 16.3. The van der Waals surface area contributed by atoms with Gasteiger partial charge in [0.25, 0.3) is 0 Å². The Morgan fingerprint density at radius 1 is 1.54 bits per heavy atom. The highest BCUT2D eigenvalue weighted by molar-refractivity contribution is 4.87. The summed E-state index contributed by atoms with van der Waals surface area (Å²) < 4.78 is 5.06. The molecule has 0 unspecified atom stereocenters. The Kier molecular flexibility index (Phi) is 4.73. The molecule has 0 aliphatic heterocycles. The van der Waals surface area contributed by atoms with Crippen LogP contribution < -0.4 is 5.32 Å². The number of oxazole rings is 1. The van der Waals surface area contributed by atoms with Crippen LogP contribution in [0.15, 0.2) is 17.0 Å². The molecule has 3 nitrogen and oxygen atoms in total. The molecule has 1 aromatic heterocycles. The van der Waals surface area contributed by atoms with Gasteiger partial charge in [-0.2, -0.15) is 0 Å². The first-order valence-electron chi connectivity index (χ1n) is 4.45. The molecule has 0 aromatic carbocycles. The lowest BCUT2D eigenvalue weighted by molar-refractivity contribution is 0.476. The molecule has 0 saturated heterocycles. The lowest BCUT2D eigenvalue weighted by Crippen LogP contribution is -2.13. The summed E-state index contributed by atoms with van der Waals surface area (Å²) in [4.78, 5) is 3.82. The highest BCUT2D eigenvalue weighted by Gasteiger charge is 1.94. The largest absolute Gasteiger partial charge is 0.447 e. The van der Waals surface area contributed by atoms with Crippen LogP contribution in [-0.4, -0.2) is 11.5 Å². The zero-order chi connectivity index (χ0) is 9.36. The molecule has 0 aliphatic rings. The lowest BCUT2D eigenvalue weighted by Gasteiger charge is -1.99. The third kappa shape index (κ3) is 4.34. The van der Waals surface area contributed by atoms with Crippen molar-refractivity contribution in [3.8, 4) is 12.3 Å². The molecule has 1 aromatic rings. The molecule has 0 saturated carbocycles. The lowest BCUT2D eigenvalue weighted by atomic mass is 10.2. The summed E-state index contributed by atoms with van der Waals surface area (Å²) in [5.74, 6) is 3.49. The number of unbranched alkanes of at least 4 members (excludes halogenated alkanes) is 2. The Bertz CT molecular complexity index is 248. The summed E-state index contributed by atoms with van der Waals surface area (Å²) in [6.07, 6.45) is 11.3. The summed E-state index contributed by atoms with van der Waals surface area (Å²) in [6.45, 7) is 1.72. The van der Waals surface area contributed by atoms with E-state index in [1.807, 2.05) is 0 Å². The van der Waals surface area contributed by atoms with Crippen LogP contribution in [0.3, 0.4) is 0 Å². The van der Waals surface area contributed by atoms with Crippen LogP contribution in [0, 0.1) is 12.3 Å². The predicted molar refractivity (Wildman–Crippen MR) is 50.9 cm³/mol. The van der Waals surface area contributed by atoms with E-state index in [0.717, 1.165) is 38.1 Å². The van der Waals surface area contributed by atoms with Gasteiger partial charge in [-0.1, -0.05) is 0 Å². The van der Waals surface area contributed by atoms with E-state index in [9.17, 15) is 0 Å². The monoisotopic (exact) mass is 178 g/mol. The van der Waals surface area contributed by atoms with Gasteiger partial charge in [0.2, 0.25) is 0 Å². The summed E-state index contributed by atoms with van der Waals surface area (Å²) in [5.41, 5.74) is 0. The van der Waals surface area contributed by atoms with Crippen LogP contribution >= 0.6 is 0 Å². The number of aromatic nitrogens is 1. The van der Waals surface area contributed by atoms with E-state index in [0.29, 0.717) is 0 Å². The van der Waals surface area contributed by atoms with Gasteiger partial charge in [-0.3, -0.25) is 0 Å². The molecule has 1 N–H and O–H groups in total. The van der Waals surface area contributed by atoms with Crippen LogP contribution in [0.5, 0.6) is 0 Å². The second-order valence-corrected chi connectivity index (χ2v) is 2.81. The maximum atomic E-state index is 5.13. The minimum atomic E-state index is 0.746. The molecule has 0 aliphatic carbocycles. The molecule has 1 rings (SSSR count). The molecule has 1 heterocycles. The van der Waals surface area contributed by atoms with E-state index in [1.54, 1.807) is 6.20 Å². The fourth-order valence-corrected chi connectivity index (χ4v) is 1.02. The summed E-state index contributed by atoms with van der Waals surface area (Å²) in [5, 5.41) is 3.24. The van der Waals surface area contributed by atoms with Crippen LogP contribution in [0.25, 0.3) is 0 Å². The van der Waals surface area contributed by atoms with Gasteiger partial charge in [0, 0.05) is 6.42 Å². The van der Waals surface area contributed by atoms with Gasteiger partial charge in [0.15, 0.2) is 6.39 Å². The van der Waals surface area contributed by atoms with Crippen molar-refractivity contribution in [2.24, 2.45) is 0 Å². The Hall–Kier alpha value is -1.27. The van der Waals surface area contributed by atoms with Gasteiger partial charge >= 0.3 is 0 Å². The van der Waals surface area contributed by atoms with Crippen LogP contribution in [-0.2, 0) is 6.54 Å². The summed E-state index contributed by atoms with van der Waals surface area (Å²) >= 11 is 0. The van der Waals surface area contributed by atoms with Gasteiger partial charge in [0.05, 0.1) is 12.7 Å². The molecule has 0 fully saturated rings. The maximum absolute atomic E-state index is 5.13. The zero-order valence-corrected chi connectivity index (χ0v) is 7.62. The molecule has 70 valence electrons. The number of hydrogen-bond donors (Lipinski definition) is 1. The van der Waals surface area contributed by atoms with Crippen molar-refractivity contribution in [1.82, 2.24) is 10.3 Å². The molecule has 0 atom stereocenters. The van der Waals surface area contributed by atoms with E-state index in [1.165, 1.54) is 6.39 Å². The molecule has 0 bridgehead atoms. The van der Waals surface area contributed by atoms with Crippen molar-refractivity contribution in [3.05, 3.63) is 18.4 Å². The second-order valence-electron chi connectivity index (χ2n) is 2.81. The minimum Gasteiger partial charge on any atom is -0.447 e.